The van der Waals surface area contributed by atoms with Crippen molar-refractivity contribution < 1.29 is 23.1 Å². The first kappa shape index (κ1) is 20.4. The van der Waals surface area contributed by atoms with Crippen LogP contribution in [-0.2, 0) is 19.9 Å². The number of ether oxygens (including phenoxy) is 1. The largest absolute Gasteiger partial charge is 0.467 e. The minimum atomic E-state index is -1.31. The lowest BCUT2D eigenvalue weighted by Gasteiger charge is -2.28. The summed E-state index contributed by atoms with van der Waals surface area (Å²) in [6.45, 7) is 3.08. The van der Waals surface area contributed by atoms with Gasteiger partial charge in [-0.25, -0.2) is 18.6 Å². The molecule has 3 rings (SSSR count). The van der Waals surface area contributed by atoms with E-state index in [4.69, 9.17) is 4.74 Å². The third kappa shape index (κ3) is 3.83. The number of hydrogen-bond donors (Lipinski definition) is 1. The van der Waals surface area contributed by atoms with Gasteiger partial charge in [-0.15, -0.1) is 0 Å². The van der Waals surface area contributed by atoms with E-state index in [0.29, 0.717) is 11.4 Å². The Kier molecular flexibility index (Phi) is 5.63. The molecule has 152 valence electrons. The Morgan fingerprint density at radius 2 is 1.79 bits per heavy atom. The van der Waals surface area contributed by atoms with Gasteiger partial charge in [0.1, 0.15) is 17.5 Å². The number of carbonyl (C=O) groups excluding carboxylic acids is 2. The van der Waals surface area contributed by atoms with Gasteiger partial charge in [-0.3, -0.25) is 4.79 Å². The first-order chi connectivity index (χ1) is 13.8. The molecule has 2 unspecified atom stereocenters. The monoisotopic (exact) mass is 401 g/mol. The van der Waals surface area contributed by atoms with Gasteiger partial charge in [-0.1, -0.05) is 30.3 Å². The summed E-state index contributed by atoms with van der Waals surface area (Å²) < 4.78 is 32.4. The van der Waals surface area contributed by atoms with Gasteiger partial charge in [0.15, 0.2) is 0 Å². The number of esters is 1. The first-order valence-corrected chi connectivity index (χ1v) is 9.02. The van der Waals surface area contributed by atoms with E-state index in [2.05, 4.69) is 10.3 Å². The molecule has 0 saturated heterocycles. The molecule has 0 bridgehead atoms. The molecule has 1 aliphatic rings. The molecule has 1 heterocycles. The second-order valence-corrected chi connectivity index (χ2v) is 6.76. The maximum absolute atomic E-state index is 13.7. The molecule has 2 aromatic rings. The molecule has 0 saturated carbocycles. The maximum Gasteiger partial charge on any atom is 0.340 e. The fraction of sp³-hybridized carbons (Fsp3) is 0.286. The third-order valence-electron chi connectivity index (χ3n) is 4.86. The Bertz CT molecular complexity index is 945. The second-order valence-electron chi connectivity index (χ2n) is 6.76. The van der Waals surface area contributed by atoms with E-state index >= 15 is 0 Å². The lowest BCUT2D eigenvalue weighted by molar-refractivity contribution is -0.146. The number of anilines is 1. The standard InChI is InChI=1S/C21H21F2N3O3/c1-13(26(14(2)27)18-10-16(22)9-17(23)11-18)19-24-12-21(25-19,20(28)29-3)15-7-5-4-6-8-15/h4-11,13H,12H2,1-3H3,(H,24,25). The molecule has 0 aromatic heterocycles. The van der Waals surface area contributed by atoms with Gasteiger partial charge in [0, 0.05) is 13.0 Å². The number of carbonyl (C=O) groups is 2. The van der Waals surface area contributed by atoms with Gasteiger partial charge in [0.05, 0.1) is 25.4 Å². The molecule has 2 aromatic carbocycles. The van der Waals surface area contributed by atoms with Crippen LogP contribution >= 0.6 is 0 Å². The zero-order valence-corrected chi connectivity index (χ0v) is 16.3. The lowest BCUT2D eigenvalue weighted by atomic mass is 9.91. The van der Waals surface area contributed by atoms with E-state index in [0.717, 1.165) is 18.2 Å². The van der Waals surface area contributed by atoms with Crippen molar-refractivity contribution in [2.24, 2.45) is 4.99 Å². The van der Waals surface area contributed by atoms with Crippen LogP contribution in [0.25, 0.3) is 0 Å². The Morgan fingerprint density at radius 3 is 2.34 bits per heavy atom. The molecule has 0 aliphatic carbocycles. The van der Waals surface area contributed by atoms with Crippen molar-refractivity contribution in [1.29, 1.82) is 0 Å². The summed E-state index contributed by atoms with van der Waals surface area (Å²) in [6.07, 6.45) is 0. The number of aliphatic imine (C=N–C) groups is 1. The SMILES string of the molecule is COC(=O)C1(c2ccccc2)CNC(C(C)N(C(C)=O)c2cc(F)cc(F)c2)=N1. The quantitative estimate of drug-likeness (QED) is 0.783. The fourth-order valence-corrected chi connectivity index (χ4v) is 3.51. The Balaban J connectivity index is 2.04. The molecule has 2 atom stereocenters. The minimum Gasteiger partial charge on any atom is -0.467 e. The van der Waals surface area contributed by atoms with Crippen LogP contribution in [0.1, 0.15) is 19.4 Å². The summed E-state index contributed by atoms with van der Waals surface area (Å²) in [4.78, 5) is 30.7. The van der Waals surface area contributed by atoms with Gasteiger partial charge in [0.25, 0.3) is 0 Å². The highest BCUT2D eigenvalue weighted by atomic mass is 19.1. The van der Waals surface area contributed by atoms with E-state index in [-0.39, 0.29) is 12.2 Å². The van der Waals surface area contributed by atoms with Crippen molar-refractivity contribution in [2.75, 3.05) is 18.6 Å². The number of rotatable bonds is 5. The number of benzene rings is 2. The third-order valence-corrected chi connectivity index (χ3v) is 4.86. The van der Waals surface area contributed by atoms with Gasteiger partial charge < -0.3 is 15.0 Å². The number of methoxy groups -OCH3 is 1. The summed E-state index contributed by atoms with van der Waals surface area (Å²) in [6, 6.07) is 11.1. The van der Waals surface area contributed by atoms with Crippen molar-refractivity contribution in [2.45, 2.75) is 25.4 Å². The normalized spacial score (nSPS) is 19.1. The van der Waals surface area contributed by atoms with Crippen LogP contribution in [0.3, 0.4) is 0 Å². The zero-order valence-electron chi connectivity index (χ0n) is 16.3. The molecule has 0 spiro atoms. The molecule has 8 heteroatoms. The smallest absolute Gasteiger partial charge is 0.340 e. The highest BCUT2D eigenvalue weighted by molar-refractivity contribution is 6.03. The van der Waals surface area contributed by atoms with Gasteiger partial charge in [-0.05, 0) is 24.6 Å². The molecule has 6 nitrogen and oxygen atoms in total. The number of amides is 1. The van der Waals surface area contributed by atoms with Crippen molar-refractivity contribution in [1.82, 2.24) is 5.32 Å². The number of nitrogens with zero attached hydrogens (tertiary/aromatic N) is 2. The number of amidine groups is 1. The fourth-order valence-electron chi connectivity index (χ4n) is 3.51. The summed E-state index contributed by atoms with van der Waals surface area (Å²) in [5, 5.41) is 3.06. The van der Waals surface area contributed by atoms with Gasteiger partial charge in [0.2, 0.25) is 11.4 Å². The lowest BCUT2D eigenvalue weighted by Crippen LogP contribution is -2.46. The molecule has 1 aliphatic heterocycles. The maximum atomic E-state index is 13.7. The highest BCUT2D eigenvalue weighted by Crippen LogP contribution is 2.32. The number of nitrogens with one attached hydrogen (secondary N) is 1. The van der Waals surface area contributed by atoms with Gasteiger partial charge in [-0.2, -0.15) is 0 Å². The molecule has 0 radical (unpaired) electrons. The van der Waals surface area contributed by atoms with Crippen LogP contribution in [0, 0.1) is 11.6 Å². The van der Waals surface area contributed by atoms with Crippen molar-refractivity contribution in [3.05, 3.63) is 65.7 Å². The summed E-state index contributed by atoms with van der Waals surface area (Å²) >= 11 is 0. The second kappa shape index (κ2) is 7.98. The Morgan fingerprint density at radius 1 is 1.17 bits per heavy atom. The molecular formula is C21H21F2N3O3. The van der Waals surface area contributed by atoms with E-state index < -0.39 is 35.1 Å². The van der Waals surface area contributed by atoms with Crippen LogP contribution in [-0.4, -0.2) is 37.4 Å². The van der Waals surface area contributed by atoms with Crippen LogP contribution in [0.15, 0.2) is 53.5 Å². The van der Waals surface area contributed by atoms with E-state index in [1.807, 2.05) is 6.07 Å². The minimum absolute atomic E-state index is 0.0577. The molecular weight excluding hydrogens is 380 g/mol. The highest BCUT2D eigenvalue weighted by Gasteiger charge is 2.46. The Hall–Kier alpha value is -3.29. The van der Waals surface area contributed by atoms with Crippen molar-refractivity contribution in [3.8, 4) is 0 Å². The molecule has 0 fully saturated rings. The van der Waals surface area contributed by atoms with Gasteiger partial charge >= 0.3 is 5.97 Å². The van der Waals surface area contributed by atoms with Crippen LogP contribution in [0.5, 0.6) is 0 Å². The summed E-state index contributed by atoms with van der Waals surface area (Å²) in [7, 11) is 1.28. The predicted molar refractivity (Wildman–Crippen MR) is 105 cm³/mol. The van der Waals surface area contributed by atoms with Crippen molar-refractivity contribution >= 4 is 23.4 Å². The molecule has 29 heavy (non-hydrogen) atoms. The first-order valence-electron chi connectivity index (χ1n) is 9.02. The van der Waals surface area contributed by atoms with Crippen molar-refractivity contribution in [3.63, 3.8) is 0 Å². The summed E-state index contributed by atoms with van der Waals surface area (Å²) in [5.41, 5.74) is -0.620. The topological polar surface area (TPSA) is 71.0 Å². The van der Waals surface area contributed by atoms with Crippen LogP contribution in [0.2, 0.25) is 0 Å². The Labute approximate surface area is 167 Å². The van der Waals surface area contributed by atoms with E-state index in [1.54, 1.807) is 31.2 Å². The van der Waals surface area contributed by atoms with Crippen LogP contribution < -0.4 is 10.2 Å². The number of hydrogen-bond acceptors (Lipinski definition) is 5. The van der Waals surface area contributed by atoms with Crippen LogP contribution in [0.4, 0.5) is 14.5 Å². The van der Waals surface area contributed by atoms with E-state index in [9.17, 15) is 18.4 Å². The average molecular weight is 401 g/mol. The molecule has 1 amide bonds. The predicted octanol–water partition coefficient (Wildman–Crippen LogP) is 2.78. The number of halogens is 2. The van der Waals surface area contributed by atoms with E-state index in [1.165, 1.54) is 18.9 Å². The summed E-state index contributed by atoms with van der Waals surface area (Å²) in [5.74, 6) is -2.24. The zero-order chi connectivity index (χ0) is 21.2. The average Bonchev–Trinajstić information content (AvgIpc) is 3.14. The molecule has 1 N–H and O–H groups in total.